The zero-order valence-corrected chi connectivity index (χ0v) is 24.4. The van der Waals surface area contributed by atoms with Gasteiger partial charge in [0.2, 0.25) is 0 Å². The number of carboxylic acid groups (broad SMARTS) is 3. The number of hydrogen-bond donors (Lipinski definition) is 4. The summed E-state index contributed by atoms with van der Waals surface area (Å²) in [5, 5.41) is 31.4. The van der Waals surface area contributed by atoms with Crippen LogP contribution in [-0.4, -0.2) is 46.2 Å². The summed E-state index contributed by atoms with van der Waals surface area (Å²) in [6.45, 7) is 0. The third kappa shape index (κ3) is 6.84. The van der Waals surface area contributed by atoms with E-state index in [1.54, 1.807) is 48.5 Å². The number of nitrogens with one attached hydrogen (secondary N) is 1. The summed E-state index contributed by atoms with van der Waals surface area (Å²) < 4.78 is 5.70. The first-order valence-electron chi connectivity index (χ1n) is 14.0. The van der Waals surface area contributed by atoms with Crippen molar-refractivity contribution in [2.75, 3.05) is 12.4 Å². The summed E-state index contributed by atoms with van der Waals surface area (Å²) in [5.41, 5.74) is 3.91. The lowest BCUT2D eigenvalue weighted by molar-refractivity contribution is 0.0686. The Morgan fingerprint density at radius 2 is 1.17 bits per heavy atom. The molecule has 0 atom stereocenters. The number of amides is 1. The van der Waals surface area contributed by atoms with Gasteiger partial charge in [-0.15, -0.1) is 0 Å². The maximum Gasteiger partial charge on any atom is 0.337 e. The van der Waals surface area contributed by atoms with Crippen LogP contribution < -0.4 is 10.1 Å². The van der Waals surface area contributed by atoms with Gasteiger partial charge in [-0.1, -0.05) is 72.8 Å². The van der Waals surface area contributed by atoms with Crippen molar-refractivity contribution in [2.45, 2.75) is 0 Å². The second-order valence-electron chi connectivity index (χ2n) is 10.2. The van der Waals surface area contributed by atoms with Crippen molar-refractivity contribution in [3.63, 3.8) is 0 Å². The number of carbonyl (C=O) groups excluding carboxylic acids is 1. The zero-order chi connectivity index (χ0) is 32.8. The first kappa shape index (κ1) is 31.0. The summed E-state index contributed by atoms with van der Waals surface area (Å²) in [6.07, 6.45) is 3.63. The summed E-state index contributed by atoms with van der Waals surface area (Å²) in [4.78, 5) is 48.9. The van der Waals surface area contributed by atoms with Crippen molar-refractivity contribution in [1.29, 1.82) is 0 Å². The van der Waals surface area contributed by atoms with Crippen molar-refractivity contribution < 1.29 is 39.2 Å². The fourth-order valence-electron chi connectivity index (χ4n) is 4.89. The molecule has 0 unspecified atom stereocenters. The van der Waals surface area contributed by atoms with Crippen molar-refractivity contribution in [2.24, 2.45) is 0 Å². The standard InChI is InChI=1S/C37H27NO8/c1-46-33-29(25-12-16-27(17-13-25)36(42)43)20-28(24-10-14-26(15-11-24)35(40)41)21-31(33)34(39)38-32-18-9-23(19-30(32)37(44)45)8-7-22-5-3-2-4-6-22/h2-21H,1H3,(H,38,39)(H,40,41)(H,42,43)(H,44,45). The van der Waals surface area contributed by atoms with E-state index < -0.39 is 23.8 Å². The first-order chi connectivity index (χ1) is 22.1. The molecule has 0 saturated carbocycles. The minimum absolute atomic E-state index is 0.0694. The van der Waals surface area contributed by atoms with Crippen LogP contribution in [0.25, 0.3) is 34.4 Å². The molecule has 5 aromatic carbocycles. The van der Waals surface area contributed by atoms with Crippen LogP contribution in [0.5, 0.6) is 5.75 Å². The van der Waals surface area contributed by atoms with E-state index in [1.165, 1.54) is 43.5 Å². The number of carbonyl (C=O) groups is 4. The van der Waals surface area contributed by atoms with Crippen molar-refractivity contribution >= 4 is 41.7 Å². The molecule has 5 aromatic rings. The molecule has 0 aliphatic heterocycles. The Bertz CT molecular complexity index is 1980. The van der Waals surface area contributed by atoms with E-state index in [4.69, 9.17) is 4.74 Å². The number of ether oxygens (including phenoxy) is 1. The molecule has 0 fully saturated rings. The third-order valence-corrected chi connectivity index (χ3v) is 7.24. The van der Waals surface area contributed by atoms with Gasteiger partial charge in [0.05, 0.1) is 35.1 Å². The number of methoxy groups -OCH3 is 1. The van der Waals surface area contributed by atoms with E-state index in [2.05, 4.69) is 5.32 Å². The Hall–Kier alpha value is -6.48. The Balaban J connectivity index is 1.57. The van der Waals surface area contributed by atoms with E-state index in [9.17, 15) is 34.5 Å². The number of benzene rings is 5. The molecule has 0 aliphatic rings. The van der Waals surface area contributed by atoms with Gasteiger partial charge in [0.25, 0.3) is 5.91 Å². The molecule has 228 valence electrons. The number of aromatic carboxylic acids is 3. The first-order valence-corrected chi connectivity index (χ1v) is 14.0. The lowest BCUT2D eigenvalue weighted by Gasteiger charge is -2.17. The fourth-order valence-corrected chi connectivity index (χ4v) is 4.89. The van der Waals surface area contributed by atoms with Crippen molar-refractivity contribution in [1.82, 2.24) is 0 Å². The average Bonchev–Trinajstić information content (AvgIpc) is 3.07. The molecule has 0 aromatic heterocycles. The molecule has 4 N–H and O–H groups in total. The van der Waals surface area contributed by atoms with Crippen LogP contribution in [-0.2, 0) is 0 Å². The Labute approximate surface area is 263 Å². The quantitative estimate of drug-likeness (QED) is 0.118. The van der Waals surface area contributed by atoms with Crippen LogP contribution >= 0.6 is 0 Å². The fraction of sp³-hybridized carbons (Fsp3) is 0.0270. The Kier molecular flexibility index (Phi) is 9.05. The molecule has 0 spiro atoms. The molecule has 0 radical (unpaired) electrons. The molecular weight excluding hydrogens is 586 g/mol. The van der Waals surface area contributed by atoms with Gasteiger partial charge in [0.1, 0.15) is 5.75 Å². The smallest absolute Gasteiger partial charge is 0.337 e. The van der Waals surface area contributed by atoms with Gasteiger partial charge in [-0.2, -0.15) is 0 Å². The maximum atomic E-state index is 13.9. The largest absolute Gasteiger partial charge is 0.495 e. The van der Waals surface area contributed by atoms with Crippen LogP contribution in [0.4, 0.5) is 5.69 Å². The molecule has 1 amide bonds. The zero-order valence-electron chi connectivity index (χ0n) is 24.4. The van der Waals surface area contributed by atoms with Crippen LogP contribution in [0.2, 0.25) is 0 Å². The van der Waals surface area contributed by atoms with Crippen molar-refractivity contribution in [3.8, 4) is 28.0 Å². The van der Waals surface area contributed by atoms with Crippen LogP contribution in [0, 0.1) is 0 Å². The van der Waals surface area contributed by atoms with Gasteiger partial charge < -0.3 is 25.4 Å². The number of carboxylic acids is 3. The molecule has 0 bridgehead atoms. The van der Waals surface area contributed by atoms with Crippen LogP contribution in [0.1, 0.15) is 52.6 Å². The van der Waals surface area contributed by atoms with Gasteiger partial charge in [0.15, 0.2) is 0 Å². The molecule has 9 nitrogen and oxygen atoms in total. The number of anilines is 1. The lowest BCUT2D eigenvalue weighted by atomic mass is 9.93. The predicted octanol–water partition coefficient (Wildman–Crippen LogP) is 7.55. The normalized spacial score (nSPS) is 10.8. The molecule has 46 heavy (non-hydrogen) atoms. The Morgan fingerprint density at radius 1 is 0.587 bits per heavy atom. The highest BCUT2D eigenvalue weighted by Crippen LogP contribution is 2.38. The minimum atomic E-state index is -1.23. The predicted molar refractivity (Wildman–Crippen MR) is 175 cm³/mol. The third-order valence-electron chi connectivity index (χ3n) is 7.24. The second kappa shape index (κ2) is 13.4. The van der Waals surface area contributed by atoms with Gasteiger partial charge in [-0.25, -0.2) is 14.4 Å². The van der Waals surface area contributed by atoms with Crippen molar-refractivity contribution in [3.05, 3.63) is 143 Å². The molecule has 5 rings (SSSR count). The number of hydrogen-bond acceptors (Lipinski definition) is 5. The van der Waals surface area contributed by atoms with Gasteiger partial charge in [0, 0.05) is 5.56 Å². The molecule has 0 heterocycles. The van der Waals surface area contributed by atoms with Gasteiger partial charge >= 0.3 is 17.9 Å². The molecule has 0 aliphatic carbocycles. The monoisotopic (exact) mass is 613 g/mol. The second-order valence-corrected chi connectivity index (χ2v) is 10.2. The van der Waals surface area contributed by atoms with E-state index in [0.29, 0.717) is 27.8 Å². The van der Waals surface area contributed by atoms with Crippen LogP contribution in [0.15, 0.2) is 109 Å². The Morgan fingerprint density at radius 3 is 1.74 bits per heavy atom. The summed E-state index contributed by atoms with van der Waals surface area (Å²) >= 11 is 0. The summed E-state index contributed by atoms with van der Waals surface area (Å²) in [7, 11) is 1.39. The molecule has 0 saturated heterocycles. The van der Waals surface area contributed by atoms with E-state index in [0.717, 1.165) is 5.56 Å². The lowest BCUT2D eigenvalue weighted by Crippen LogP contribution is -2.16. The van der Waals surface area contributed by atoms with E-state index >= 15 is 0 Å². The van der Waals surface area contributed by atoms with Crippen LogP contribution in [0.3, 0.4) is 0 Å². The molecular formula is C37H27NO8. The summed E-state index contributed by atoms with van der Waals surface area (Å²) in [6, 6.07) is 29.6. The highest BCUT2D eigenvalue weighted by atomic mass is 16.5. The van der Waals surface area contributed by atoms with E-state index in [1.807, 2.05) is 36.4 Å². The summed E-state index contributed by atoms with van der Waals surface area (Å²) in [5.74, 6) is -3.90. The average molecular weight is 614 g/mol. The highest BCUT2D eigenvalue weighted by Gasteiger charge is 2.22. The highest BCUT2D eigenvalue weighted by molar-refractivity contribution is 6.11. The minimum Gasteiger partial charge on any atom is -0.495 e. The number of rotatable bonds is 10. The maximum absolute atomic E-state index is 13.9. The SMILES string of the molecule is COc1c(C(=O)Nc2ccc(C=Cc3ccccc3)cc2C(=O)O)cc(-c2ccc(C(=O)O)cc2)cc1-c1ccc(C(=O)O)cc1. The van der Waals surface area contributed by atoms with Gasteiger partial charge in [-0.3, -0.25) is 4.79 Å². The topological polar surface area (TPSA) is 150 Å². The molecule has 9 heteroatoms. The van der Waals surface area contributed by atoms with Gasteiger partial charge in [-0.05, 0) is 76.3 Å². The van der Waals surface area contributed by atoms with E-state index in [-0.39, 0.29) is 33.7 Å².